The molecule has 1 aromatic heterocycles. The minimum absolute atomic E-state index is 0.0414. The molecular formula is C14H25N3OS. The molecule has 0 saturated carbocycles. The van der Waals surface area contributed by atoms with E-state index in [1.54, 1.807) is 23.3 Å². The number of carbonyl (C=O) groups is 1. The Kier molecular flexibility index (Phi) is 5.79. The maximum atomic E-state index is 12.0. The number of urea groups is 1. The molecule has 108 valence electrons. The van der Waals surface area contributed by atoms with Gasteiger partial charge in [-0.25, -0.2) is 9.78 Å². The Morgan fingerprint density at radius 1 is 1.37 bits per heavy atom. The van der Waals surface area contributed by atoms with Gasteiger partial charge >= 0.3 is 6.03 Å². The first-order valence-corrected chi connectivity index (χ1v) is 7.65. The van der Waals surface area contributed by atoms with Crippen molar-refractivity contribution in [2.24, 2.45) is 5.92 Å². The first-order chi connectivity index (χ1) is 8.81. The second-order valence-corrected chi connectivity index (χ2v) is 6.56. The molecule has 0 aliphatic heterocycles. The molecule has 0 radical (unpaired) electrons. The number of hydrogen-bond acceptors (Lipinski definition) is 3. The van der Waals surface area contributed by atoms with Crippen LogP contribution in [0.5, 0.6) is 0 Å². The standard InChI is InChI=1S/C14H25N3OS/c1-9(2)11(5)15-14(18)17(6)7-12-8-19-13(16-12)10(3)4/h8-11H,7H2,1-6H3,(H,15,18). The van der Waals surface area contributed by atoms with E-state index in [1.165, 1.54) is 0 Å². The van der Waals surface area contributed by atoms with Crippen molar-refractivity contribution in [3.8, 4) is 0 Å². The molecule has 1 aromatic rings. The van der Waals surface area contributed by atoms with Crippen molar-refractivity contribution in [1.82, 2.24) is 15.2 Å². The summed E-state index contributed by atoms with van der Waals surface area (Å²) < 4.78 is 0. The third kappa shape index (κ3) is 4.82. The van der Waals surface area contributed by atoms with Gasteiger partial charge in [-0.15, -0.1) is 11.3 Å². The number of hydrogen-bond donors (Lipinski definition) is 1. The lowest BCUT2D eigenvalue weighted by molar-refractivity contribution is 0.199. The number of thiazole rings is 1. The molecule has 1 rings (SSSR count). The van der Waals surface area contributed by atoms with Gasteiger partial charge in [0.2, 0.25) is 0 Å². The van der Waals surface area contributed by atoms with Gasteiger partial charge in [0, 0.05) is 24.4 Å². The molecule has 1 atom stereocenters. The van der Waals surface area contributed by atoms with E-state index in [0.29, 0.717) is 18.4 Å². The predicted octanol–water partition coefficient (Wildman–Crippen LogP) is 3.45. The zero-order valence-corrected chi connectivity index (χ0v) is 13.5. The molecule has 0 aliphatic carbocycles. The van der Waals surface area contributed by atoms with Gasteiger partial charge < -0.3 is 10.2 Å². The van der Waals surface area contributed by atoms with Crippen molar-refractivity contribution in [3.63, 3.8) is 0 Å². The first kappa shape index (κ1) is 16.0. The van der Waals surface area contributed by atoms with Gasteiger partial charge in [-0.2, -0.15) is 0 Å². The van der Waals surface area contributed by atoms with Crippen LogP contribution < -0.4 is 5.32 Å². The summed E-state index contributed by atoms with van der Waals surface area (Å²) in [6.45, 7) is 11.0. The van der Waals surface area contributed by atoms with Gasteiger partial charge in [-0.1, -0.05) is 27.7 Å². The molecule has 19 heavy (non-hydrogen) atoms. The minimum Gasteiger partial charge on any atom is -0.335 e. The molecule has 0 spiro atoms. The van der Waals surface area contributed by atoms with E-state index in [9.17, 15) is 4.79 Å². The summed E-state index contributed by atoms with van der Waals surface area (Å²) in [5, 5.41) is 6.15. The van der Waals surface area contributed by atoms with Gasteiger partial charge in [-0.05, 0) is 12.8 Å². The van der Waals surface area contributed by atoms with E-state index in [1.807, 2.05) is 12.3 Å². The van der Waals surface area contributed by atoms with Crippen molar-refractivity contribution < 1.29 is 4.79 Å². The number of nitrogens with one attached hydrogen (secondary N) is 1. The molecule has 1 N–H and O–H groups in total. The van der Waals surface area contributed by atoms with Crippen LogP contribution in [-0.4, -0.2) is 29.0 Å². The number of carbonyl (C=O) groups excluding carboxylic acids is 1. The molecular weight excluding hydrogens is 258 g/mol. The molecule has 0 saturated heterocycles. The Morgan fingerprint density at radius 3 is 2.47 bits per heavy atom. The highest BCUT2D eigenvalue weighted by molar-refractivity contribution is 7.09. The molecule has 2 amide bonds. The second kappa shape index (κ2) is 6.89. The predicted molar refractivity (Wildman–Crippen MR) is 80.5 cm³/mol. The van der Waals surface area contributed by atoms with Crippen molar-refractivity contribution in [2.45, 2.75) is 53.1 Å². The van der Waals surface area contributed by atoms with Gasteiger partial charge in [0.25, 0.3) is 0 Å². The highest BCUT2D eigenvalue weighted by Crippen LogP contribution is 2.19. The molecule has 1 unspecified atom stereocenters. The number of amides is 2. The molecule has 0 fully saturated rings. The third-order valence-corrected chi connectivity index (χ3v) is 4.35. The fraction of sp³-hybridized carbons (Fsp3) is 0.714. The van der Waals surface area contributed by atoms with Crippen LogP contribution in [0.25, 0.3) is 0 Å². The molecule has 0 aromatic carbocycles. The van der Waals surface area contributed by atoms with Gasteiger partial charge in [-0.3, -0.25) is 0 Å². The molecule has 5 heteroatoms. The van der Waals surface area contributed by atoms with Crippen LogP contribution in [0, 0.1) is 5.92 Å². The van der Waals surface area contributed by atoms with E-state index in [-0.39, 0.29) is 12.1 Å². The fourth-order valence-electron chi connectivity index (χ4n) is 1.45. The summed E-state index contributed by atoms with van der Waals surface area (Å²) in [7, 11) is 1.80. The zero-order valence-electron chi connectivity index (χ0n) is 12.7. The average molecular weight is 283 g/mol. The Balaban J connectivity index is 2.53. The fourth-order valence-corrected chi connectivity index (χ4v) is 2.27. The van der Waals surface area contributed by atoms with Crippen LogP contribution in [0.4, 0.5) is 4.79 Å². The van der Waals surface area contributed by atoms with E-state index in [2.05, 4.69) is 38.0 Å². The number of aromatic nitrogens is 1. The quantitative estimate of drug-likeness (QED) is 0.899. The zero-order chi connectivity index (χ0) is 14.6. The minimum atomic E-state index is -0.0414. The van der Waals surface area contributed by atoms with Crippen LogP contribution >= 0.6 is 11.3 Å². The monoisotopic (exact) mass is 283 g/mol. The van der Waals surface area contributed by atoms with Crippen molar-refractivity contribution in [1.29, 1.82) is 0 Å². The van der Waals surface area contributed by atoms with Gasteiger partial charge in [0.1, 0.15) is 0 Å². The van der Waals surface area contributed by atoms with E-state index in [4.69, 9.17) is 0 Å². The number of rotatable bonds is 5. The second-order valence-electron chi connectivity index (χ2n) is 5.67. The van der Waals surface area contributed by atoms with Crippen molar-refractivity contribution in [3.05, 3.63) is 16.1 Å². The average Bonchev–Trinajstić information content (AvgIpc) is 2.77. The van der Waals surface area contributed by atoms with Crippen molar-refractivity contribution >= 4 is 17.4 Å². The SMILES string of the molecule is CC(C)c1nc(CN(C)C(=O)NC(C)C(C)C)cs1. The summed E-state index contributed by atoms with van der Waals surface area (Å²) in [6, 6.07) is 0.136. The van der Waals surface area contributed by atoms with Crippen LogP contribution in [0.15, 0.2) is 5.38 Å². The summed E-state index contributed by atoms with van der Waals surface area (Å²) in [5.74, 6) is 0.878. The number of nitrogens with zero attached hydrogens (tertiary/aromatic N) is 2. The van der Waals surface area contributed by atoms with Gasteiger partial charge in [0.05, 0.1) is 17.2 Å². The summed E-state index contributed by atoms with van der Waals surface area (Å²) in [4.78, 5) is 18.2. The maximum absolute atomic E-state index is 12.0. The topological polar surface area (TPSA) is 45.2 Å². The summed E-state index contributed by atoms with van der Waals surface area (Å²) in [5.41, 5.74) is 0.962. The smallest absolute Gasteiger partial charge is 0.317 e. The Hall–Kier alpha value is -1.10. The van der Waals surface area contributed by atoms with Crippen molar-refractivity contribution in [2.75, 3.05) is 7.05 Å². The lowest BCUT2D eigenvalue weighted by atomic mass is 10.1. The normalized spacial score (nSPS) is 12.8. The largest absolute Gasteiger partial charge is 0.335 e. The third-order valence-electron chi connectivity index (χ3n) is 3.16. The van der Waals surface area contributed by atoms with E-state index >= 15 is 0 Å². The van der Waals surface area contributed by atoms with Crippen LogP contribution in [0.1, 0.15) is 51.2 Å². The Morgan fingerprint density at radius 2 is 2.00 bits per heavy atom. The van der Waals surface area contributed by atoms with Crippen LogP contribution in [0.2, 0.25) is 0 Å². The highest BCUT2D eigenvalue weighted by Gasteiger charge is 2.15. The highest BCUT2D eigenvalue weighted by atomic mass is 32.1. The first-order valence-electron chi connectivity index (χ1n) is 6.77. The van der Waals surface area contributed by atoms with Crippen LogP contribution in [-0.2, 0) is 6.54 Å². The van der Waals surface area contributed by atoms with Crippen LogP contribution in [0.3, 0.4) is 0 Å². The summed E-state index contributed by atoms with van der Waals surface area (Å²) >= 11 is 1.66. The molecule has 0 aliphatic rings. The van der Waals surface area contributed by atoms with Gasteiger partial charge in [0.15, 0.2) is 0 Å². The van der Waals surface area contributed by atoms with E-state index < -0.39 is 0 Å². The lowest BCUT2D eigenvalue weighted by Gasteiger charge is -2.22. The van der Waals surface area contributed by atoms with E-state index in [0.717, 1.165) is 10.7 Å². The lowest BCUT2D eigenvalue weighted by Crippen LogP contribution is -2.43. The maximum Gasteiger partial charge on any atom is 0.317 e. The Labute approximate surface area is 120 Å². The molecule has 0 bridgehead atoms. The molecule has 1 heterocycles. The Bertz CT molecular complexity index is 415. The summed E-state index contributed by atoms with van der Waals surface area (Å²) in [6.07, 6.45) is 0. The molecule has 4 nitrogen and oxygen atoms in total.